The Morgan fingerprint density at radius 2 is 0.329 bits per heavy atom. The van der Waals surface area contributed by atoms with Crippen LogP contribution in [0, 0.1) is 0 Å². The highest BCUT2D eigenvalue weighted by Crippen LogP contribution is 2.20. The van der Waals surface area contributed by atoms with Gasteiger partial charge in [-0.1, -0.05) is 412 Å². The molecule has 0 bridgehead atoms. The maximum absolute atomic E-state index is 13.0. The highest BCUT2D eigenvalue weighted by atomic mass is 16.6. The SMILES string of the molecule is CCCCCCCCCCCCCCCCCCCCCCCCCCCCC(=O)OCC(COC(=O)CCCCCCCCCCCCCCCCCCC)OC(=O)CCCCCCCCCCCCCCCCCCCCCCC. The molecule has 0 aromatic heterocycles. The van der Waals surface area contributed by atoms with E-state index in [1.807, 2.05) is 0 Å². The average molecular weight is 1160 g/mol. The molecule has 0 aliphatic heterocycles. The topological polar surface area (TPSA) is 78.9 Å². The zero-order chi connectivity index (χ0) is 59.2. The average Bonchev–Trinajstić information content (AvgIpc) is 3.47. The van der Waals surface area contributed by atoms with E-state index >= 15 is 0 Å². The molecule has 1 unspecified atom stereocenters. The molecular weight excluding hydrogens is 1010 g/mol. The molecule has 0 aromatic carbocycles. The Hall–Kier alpha value is -1.59. The first-order chi connectivity index (χ1) is 40.5. The van der Waals surface area contributed by atoms with Crippen LogP contribution in [0.1, 0.15) is 451 Å². The van der Waals surface area contributed by atoms with Gasteiger partial charge in [0, 0.05) is 19.3 Å². The summed E-state index contributed by atoms with van der Waals surface area (Å²) in [6.07, 6.45) is 85.8. The normalized spacial score (nSPS) is 11.9. The summed E-state index contributed by atoms with van der Waals surface area (Å²) in [4.78, 5) is 38.5. The van der Waals surface area contributed by atoms with Gasteiger partial charge in [0.15, 0.2) is 6.10 Å². The Labute approximate surface area is 514 Å². The van der Waals surface area contributed by atoms with Crippen LogP contribution in [-0.4, -0.2) is 37.2 Å². The minimum Gasteiger partial charge on any atom is -0.462 e. The van der Waals surface area contributed by atoms with Crippen LogP contribution in [0.25, 0.3) is 0 Å². The molecule has 0 rings (SSSR count). The first-order valence-electron chi connectivity index (χ1n) is 38.0. The van der Waals surface area contributed by atoms with Gasteiger partial charge in [0.25, 0.3) is 0 Å². The van der Waals surface area contributed by atoms with Crippen molar-refractivity contribution in [2.75, 3.05) is 13.2 Å². The number of hydrogen-bond donors (Lipinski definition) is 0. The number of carbonyl (C=O) groups is 3. The van der Waals surface area contributed by atoms with Crippen LogP contribution in [0.15, 0.2) is 0 Å². The molecule has 488 valence electrons. The number of carbonyl (C=O) groups excluding carboxylic acids is 3. The predicted molar refractivity (Wildman–Crippen MR) is 358 cm³/mol. The summed E-state index contributed by atoms with van der Waals surface area (Å²) in [5.74, 6) is -0.814. The summed E-state index contributed by atoms with van der Waals surface area (Å²) in [5, 5.41) is 0. The maximum atomic E-state index is 13.0. The molecule has 0 aliphatic rings. The van der Waals surface area contributed by atoms with E-state index in [0.29, 0.717) is 19.3 Å². The Morgan fingerprint density at radius 1 is 0.195 bits per heavy atom. The summed E-state index contributed by atoms with van der Waals surface area (Å²) < 4.78 is 17.1. The van der Waals surface area contributed by atoms with Gasteiger partial charge in [-0.2, -0.15) is 0 Å². The summed E-state index contributed by atoms with van der Waals surface area (Å²) in [7, 11) is 0. The molecule has 0 saturated carbocycles. The van der Waals surface area contributed by atoms with E-state index in [2.05, 4.69) is 20.8 Å². The van der Waals surface area contributed by atoms with Gasteiger partial charge in [0.05, 0.1) is 0 Å². The third kappa shape index (κ3) is 69.2. The number of hydrogen-bond acceptors (Lipinski definition) is 6. The molecule has 1 atom stereocenters. The number of esters is 3. The molecule has 0 amide bonds. The number of rotatable bonds is 72. The van der Waals surface area contributed by atoms with Crippen LogP contribution in [-0.2, 0) is 28.6 Å². The quantitative estimate of drug-likeness (QED) is 0.0343. The van der Waals surface area contributed by atoms with Crippen LogP contribution >= 0.6 is 0 Å². The fourth-order valence-corrected chi connectivity index (χ4v) is 12.2. The van der Waals surface area contributed by atoms with Gasteiger partial charge in [-0.05, 0) is 19.3 Å². The van der Waals surface area contributed by atoms with E-state index in [9.17, 15) is 14.4 Å². The van der Waals surface area contributed by atoms with Gasteiger partial charge < -0.3 is 14.2 Å². The lowest BCUT2D eigenvalue weighted by atomic mass is 10.0. The van der Waals surface area contributed by atoms with Crippen molar-refractivity contribution in [3.8, 4) is 0 Å². The molecule has 0 fully saturated rings. The van der Waals surface area contributed by atoms with E-state index < -0.39 is 6.10 Å². The van der Waals surface area contributed by atoms with Gasteiger partial charge in [0.1, 0.15) is 13.2 Å². The third-order valence-corrected chi connectivity index (χ3v) is 17.9. The smallest absolute Gasteiger partial charge is 0.306 e. The maximum Gasteiger partial charge on any atom is 0.306 e. The second kappa shape index (κ2) is 71.9. The monoisotopic (exact) mass is 1160 g/mol. The van der Waals surface area contributed by atoms with E-state index in [4.69, 9.17) is 14.2 Å². The molecule has 0 heterocycles. The standard InChI is InChI=1S/C76H148O6/c1-4-7-10-13-16-19-22-25-28-31-33-35-36-37-38-39-41-42-45-48-51-54-57-60-63-66-69-75(78)81-72-73(71-80-74(77)68-65-62-59-56-53-50-47-44-30-27-24-21-18-15-12-9-6-3)82-76(79)70-67-64-61-58-55-52-49-46-43-40-34-32-29-26-23-20-17-14-11-8-5-2/h73H,4-72H2,1-3H3. The van der Waals surface area contributed by atoms with E-state index in [1.165, 1.54) is 353 Å². The summed E-state index contributed by atoms with van der Waals surface area (Å²) in [6, 6.07) is 0. The Kier molecular flexibility index (Phi) is 70.5. The van der Waals surface area contributed by atoms with Crippen molar-refractivity contribution in [1.29, 1.82) is 0 Å². The van der Waals surface area contributed by atoms with Gasteiger partial charge in [0.2, 0.25) is 0 Å². The Bertz CT molecular complexity index is 1240. The molecule has 6 heteroatoms. The van der Waals surface area contributed by atoms with Crippen molar-refractivity contribution in [1.82, 2.24) is 0 Å². The largest absolute Gasteiger partial charge is 0.462 e. The van der Waals surface area contributed by atoms with Crippen molar-refractivity contribution in [2.45, 2.75) is 457 Å². The third-order valence-electron chi connectivity index (χ3n) is 17.9. The fraction of sp³-hybridized carbons (Fsp3) is 0.961. The summed E-state index contributed by atoms with van der Waals surface area (Å²) >= 11 is 0. The molecule has 0 radical (unpaired) electrons. The highest BCUT2D eigenvalue weighted by molar-refractivity contribution is 5.71. The van der Waals surface area contributed by atoms with E-state index in [0.717, 1.165) is 57.8 Å². The number of unbranched alkanes of at least 4 members (excludes halogenated alkanes) is 61. The van der Waals surface area contributed by atoms with E-state index in [-0.39, 0.29) is 31.1 Å². The first-order valence-corrected chi connectivity index (χ1v) is 38.0. The van der Waals surface area contributed by atoms with Crippen molar-refractivity contribution < 1.29 is 28.6 Å². The summed E-state index contributed by atoms with van der Waals surface area (Å²) in [5.41, 5.74) is 0. The molecule has 6 nitrogen and oxygen atoms in total. The van der Waals surface area contributed by atoms with Crippen LogP contribution in [0.5, 0.6) is 0 Å². The van der Waals surface area contributed by atoms with Crippen molar-refractivity contribution in [2.24, 2.45) is 0 Å². The van der Waals surface area contributed by atoms with Crippen LogP contribution in [0.4, 0.5) is 0 Å². The van der Waals surface area contributed by atoms with Gasteiger partial charge in [-0.3, -0.25) is 14.4 Å². The zero-order valence-electron chi connectivity index (χ0n) is 56.3. The van der Waals surface area contributed by atoms with Gasteiger partial charge in [-0.25, -0.2) is 0 Å². The zero-order valence-corrected chi connectivity index (χ0v) is 56.3. The minimum atomic E-state index is -0.764. The molecular formula is C76H148O6. The highest BCUT2D eigenvalue weighted by Gasteiger charge is 2.20. The number of ether oxygens (including phenoxy) is 3. The lowest BCUT2D eigenvalue weighted by Crippen LogP contribution is -2.30. The van der Waals surface area contributed by atoms with Crippen LogP contribution in [0.3, 0.4) is 0 Å². The minimum absolute atomic E-state index is 0.0598. The van der Waals surface area contributed by atoms with Gasteiger partial charge in [-0.15, -0.1) is 0 Å². The second-order valence-corrected chi connectivity index (χ2v) is 26.3. The van der Waals surface area contributed by atoms with Crippen LogP contribution in [0.2, 0.25) is 0 Å². The molecule has 0 saturated heterocycles. The van der Waals surface area contributed by atoms with E-state index in [1.54, 1.807) is 0 Å². The van der Waals surface area contributed by atoms with Crippen molar-refractivity contribution in [3.63, 3.8) is 0 Å². The van der Waals surface area contributed by atoms with Crippen molar-refractivity contribution in [3.05, 3.63) is 0 Å². The molecule has 82 heavy (non-hydrogen) atoms. The lowest BCUT2D eigenvalue weighted by molar-refractivity contribution is -0.167. The molecule has 0 aromatic rings. The Morgan fingerprint density at radius 3 is 0.488 bits per heavy atom. The fourth-order valence-electron chi connectivity index (χ4n) is 12.2. The lowest BCUT2D eigenvalue weighted by Gasteiger charge is -2.18. The molecule has 0 N–H and O–H groups in total. The van der Waals surface area contributed by atoms with Crippen LogP contribution < -0.4 is 0 Å². The summed E-state index contributed by atoms with van der Waals surface area (Å²) in [6.45, 7) is 6.76. The second-order valence-electron chi connectivity index (χ2n) is 26.3. The Balaban J connectivity index is 4.22. The van der Waals surface area contributed by atoms with Gasteiger partial charge >= 0.3 is 17.9 Å². The van der Waals surface area contributed by atoms with Crippen molar-refractivity contribution >= 4 is 17.9 Å². The molecule has 0 spiro atoms. The molecule has 0 aliphatic carbocycles. The predicted octanol–water partition coefficient (Wildman–Crippen LogP) is 26.2. The first kappa shape index (κ1) is 80.4.